The fraction of sp³-hybridized carbons (Fsp3) is 0.222. The number of nitrogens with zero attached hydrogens (tertiary/aromatic N) is 5. The largest absolute Gasteiger partial charge is 0.381 e. The van der Waals surface area contributed by atoms with Crippen LogP contribution in [0.15, 0.2) is 49.1 Å². The summed E-state index contributed by atoms with van der Waals surface area (Å²) in [4.78, 5) is 13.1. The van der Waals surface area contributed by atoms with Gasteiger partial charge >= 0.3 is 0 Å². The highest BCUT2D eigenvalue weighted by Crippen LogP contribution is 2.26. The molecule has 0 atom stereocenters. The Hall–Kier alpha value is -3.06. The molecule has 0 aromatic carbocycles. The van der Waals surface area contributed by atoms with Crippen molar-refractivity contribution in [1.82, 2.24) is 24.6 Å². The minimum absolute atomic E-state index is 0.553. The van der Waals surface area contributed by atoms with Crippen LogP contribution in [0, 0.1) is 5.92 Å². The molecular weight excluding hydrogens is 316 g/mol. The number of hydrogen-bond donors (Lipinski definition) is 1. The molecule has 5 heterocycles. The average Bonchev–Trinajstić information content (AvgIpc) is 3.03. The molecule has 0 spiro atoms. The Labute approximate surface area is 143 Å². The second-order valence-corrected chi connectivity index (χ2v) is 6.20. The summed E-state index contributed by atoms with van der Waals surface area (Å²) in [6, 6.07) is 8.06. The van der Waals surface area contributed by atoms with Crippen LogP contribution in [0.1, 0.15) is 0 Å². The van der Waals surface area contributed by atoms with Gasteiger partial charge in [0.2, 0.25) is 5.95 Å². The van der Waals surface area contributed by atoms with Crippen LogP contribution in [-0.4, -0.2) is 44.3 Å². The van der Waals surface area contributed by atoms with Crippen LogP contribution in [0.25, 0.3) is 27.7 Å². The van der Waals surface area contributed by atoms with Crippen LogP contribution >= 0.6 is 0 Å². The summed E-state index contributed by atoms with van der Waals surface area (Å²) >= 11 is 0. The fourth-order valence-corrected chi connectivity index (χ4v) is 2.98. The molecule has 7 heteroatoms. The van der Waals surface area contributed by atoms with E-state index in [9.17, 15) is 0 Å². The summed E-state index contributed by atoms with van der Waals surface area (Å²) in [5.74, 6) is 1.18. The van der Waals surface area contributed by atoms with Crippen molar-refractivity contribution in [2.45, 2.75) is 0 Å². The van der Waals surface area contributed by atoms with Gasteiger partial charge < -0.3 is 10.1 Å². The van der Waals surface area contributed by atoms with Crippen molar-refractivity contribution in [2.75, 3.05) is 25.1 Å². The lowest BCUT2D eigenvalue weighted by Crippen LogP contribution is -2.33. The number of aromatic nitrogens is 5. The van der Waals surface area contributed by atoms with E-state index in [-0.39, 0.29) is 0 Å². The first-order chi connectivity index (χ1) is 12.4. The van der Waals surface area contributed by atoms with Gasteiger partial charge in [-0.25, -0.2) is 19.5 Å². The number of nitrogens with one attached hydrogen (secondary N) is 1. The van der Waals surface area contributed by atoms with E-state index < -0.39 is 0 Å². The molecule has 5 rings (SSSR count). The number of rotatable bonds is 4. The minimum Gasteiger partial charge on any atom is -0.381 e. The van der Waals surface area contributed by atoms with Gasteiger partial charge in [0.15, 0.2) is 5.65 Å². The highest BCUT2D eigenvalue weighted by atomic mass is 16.5. The Balaban J connectivity index is 1.48. The maximum Gasteiger partial charge on any atom is 0.241 e. The zero-order valence-electron chi connectivity index (χ0n) is 13.5. The summed E-state index contributed by atoms with van der Waals surface area (Å²) in [6.45, 7) is 2.46. The molecule has 0 bridgehead atoms. The highest BCUT2D eigenvalue weighted by molar-refractivity contribution is 5.86. The summed E-state index contributed by atoms with van der Waals surface area (Å²) < 4.78 is 7.02. The summed E-state index contributed by atoms with van der Waals surface area (Å²) in [5.41, 5.74) is 3.77. The minimum atomic E-state index is 0.553. The van der Waals surface area contributed by atoms with E-state index in [4.69, 9.17) is 4.74 Å². The zero-order chi connectivity index (χ0) is 16.6. The molecular formula is C18H16N6O. The molecule has 0 radical (unpaired) electrons. The molecule has 1 N–H and O–H groups in total. The number of fused-ring (bicyclic) bond motifs is 2. The molecule has 4 aromatic rings. The van der Waals surface area contributed by atoms with Crippen LogP contribution in [0.4, 0.5) is 5.95 Å². The van der Waals surface area contributed by atoms with Gasteiger partial charge in [-0.3, -0.25) is 0 Å². The average molecular weight is 332 g/mol. The number of anilines is 1. The molecule has 1 saturated heterocycles. The Kier molecular flexibility index (Phi) is 3.31. The first kappa shape index (κ1) is 14.3. The van der Waals surface area contributed by atoms with Crippen molar-refractivity contribution in [3.63, 3.8) is 0 Å². The van der Waals surface area contributed by atoms with Gasteiger partial charge in [0.05, 0.1) is 24.9 Å². The van der Waals surface area contributed by atoms with E-state index in [0.717, 1.165) is 47.4 Å². The number of ether oxygens (including phenoxy) is 1. The van der Waals surface area contributed by atoms with Gasteiger partial charge in [0.1, 0.15) is 0 Å². The predicted octanol–water partition coefficient (Wildman–Crippen LogP) is 2.40. The summed E-state index contributed by atoms with van der Waals surface area (Å²) in [7, 11) is 0. The van der Waals surface area contributed by atoms with Gasteiger partial charge in [0.25, 0.3) is 0 Å². The Bertz CT molecular complexity index is 1060. The van der Waals surface area contributed by atoms with Crippen molar-refractivity contribution in [2.24, 2.45) is 5.92 Å². The SMILES string of the molecule is c1cnc2ncc(-c3ccn4nc(NCC5COC5)ncc34)cc2c1. The molecule has 124 valence electrons. The molecule has 25 heavy (non-hydrogen) atoms. The van der Waals surface area contributed by atoms with E-state index in [1.54, 1.807) is 6.20 Å². The highest BCUT2D eigenvalue weighted by Gasteiger charge is 2.18. The lowest BCUT2D eigenvalue weighted by molar-refractivity contribution is -0.0249. The van der Waals surface area contributed by atoms with Crippen molar-refractivity contribution in [3.05, 3.63) is 49.1 Å². The van der Waals surface area contributed by atoms with E-state index in [1.807, 2.05) is 41.3 Å². The molecule has 7 nitrogen and oxygen atoms in total. The van der Waals surface area contributed by atoms with E-state index in [0.29, 0.717) is 11.9 Å². The molecule has 1 aliphatic rings. The van der Waals surface area contributed by atoms with Gasteiger partial charge in [-0.2, -0.15) is 0 Å². The predicted molar refractivity (Wildman–Crippen MR) is 94.3 cm³/mol. The standard InChI is InChI=1S/C18H16N6O/c1-2-13-6-14(8-20-17(13)19-4-1)15-3-5-24-16(15)9-22-18(23-24)21-7-12-10-25-11-12/h1-6,8-9,12H,7,10-11H2,(H,21,23). The van der Waals surface area contributed by atoms with Crippen LogP contribution in [0.5, 0.6) is 0 Å². The van der Waals surface area contributed by atoms with Gasteiger partial charge in [-0.1, -0.05) is 0 Å². The lowest BCUT2D eigenvalue weighted by atomic mass is 10.1. The third-order valence-electron chi connectivity index (χ3n) is 4.44. The third-order valence-corrected chi connectivity index (χ3v) is 4.44. The van der Waals surface area contributed by atoms with Gasteiger partial charge in [-0.05, 0) is 24.3 Å². The van der Waals surface area contributed by atoms with Crippen molar-refractivity contribution < 1.29 is 4.74 Å². The zero-order valence-corrected chi connectivity index (χ0v) is 13.5. The second kappa shape index (κ2) is 5.78. The van der Waals surface area contributed by atoms with Crippen LogP contribution in [-0.2, 0) is 4.74 Å². The molecule has 0 amide bonds. The number of pyridine rings is 2. The van der Waals surface area contributed by atoms with E-state index in [1.165, 1.54) is 0 Å². The first-order valence-electron chi connectivity index (χ1n) is 8.24. The third kappa shape index (κ3) is 2.58. The molecule has 1 fully saturated rings. The van der Waals surface area contributed by atoms with Gasteiger partial charge in [0, 0.05) is 47.6 Å². The van der Waals surface area contributed by atoms with E-state index >= 15 is 0 Å². The van der Waals surface area contributed by atoms with Crippen molar-refractivity contribution in [1.29, 1.82) is 0 Å². The smallest absolute Gasteiger partial charge is 0.241 e. The summed E-state index contributed by atoms with van der Waals surface area (Å²) in [5, 5.41) is 8.82. The monoisotopic (exact) mass is 332 g/mol. The maximum atomic E-state index is 5.18. The van der Waals surface area contributed by atoms with Crippen LogP contribution in [0.2, 0.25) is 0 Å². The quantitative estimate of drug-likeness (QED) is 0.618. The Morgan fingerprint density at radius 3 is 3.00 bits per heavy atom. The Morgan fingerprint density at radius 1 is 1.16 bits per heavy atom. The second-order valence-electron chi connectivity index (χ2n) is 6.20. The normalized spacial score (nSPS) is 14.7. The van der Waals surface area contributed by atoms with E-state index in [2.05, 4.69) is 31.4 Å². The molecule has 0 unspecified atom stereocenters. The van der Waals surface area contributed by atoms with Crippen LogP contribution in [0.3, 0.4) is 0 Å². The van der Waals surface area contributed by atoms with Crippen LogP contribution < -0.4 is 5.32 Å². The van der Waals surface area contributed by atoms with Gasteiger partial charge in [-0.15, -0.1) is 5.10 Å². The Morgan fingerprint density at radius 2 is 2.12 bits per heavy atom. The topological polar surface area (TPSA) is 77.2 Å². The molecule has 4 aromatic heterocycles. The van der Waals surface area contributed by atoms with Crippen molar-refractivity contribution >= 4 is 22.5 Å². The van der Waals surface area contributed by atoms with Crippen molar-refractivity contribution in [3.8, 4) is 11.1 Å². The number of hydrogen-bond acceptors (Lipinski definition) is 6. The lowest BCUT2D eigenvalue weighted by Gasteiger charge is -2.25. The molecule has 0 saturated carbocycles. The molecule has 0 aliphatic carbocycles. The first-order valence-corrected chi connectivity index (χ1v) is 8.24. The summed E-state index contributed by atoms with van der Waals surface area (Å²) in [6.07, 6.45) is 7.38. The maximum absolute atomic E-state index is 5.18. The molecule has 1 aliphatic heterocycles. The fourth-order valence-electron chi connectivity index (χ4n) is 2.98.